The summed E-state index contributed by atoms with van der Waals surface area (Å²) in [7, 11) is 0. The molecular formula is C21H22N2O. The Balaban J connectivity index is 1.37. The van der Waals surface area contributed by atoms with Crippen molar-refractivity contribution >= 4 is 16.8 Å². The van der Waals surface area contributed by atoms with Crippen molar-refractivity contribution in [1.29, 1.82) is 0 Å². The summed E-state index contributed by atoms with van der Waals surface area (Å²) in [5, 5.41) is 4.55. The molecule has 0 saturated heterocycles. The molecule has 3 aromatic rings. The Kier molecular flexibility index (Phi) is 4.08. The van der Waals surface area contributed by atoms with Crippen LogP contribution in [0, 0.1) is 0 Å². The van der Waals surface area contributed by atoms with Gasteiger partial charge in [0.15, 0.2) is 0 Å². The highest BCUT2D eigenvalue weighted by Crippen LogP contribution is 2.29. The van der Waals surface area contributed by atoms with Crippen molar-refractivity contribution in [2.24, 2.45) is 0 Å². The Bertz CT molecular complexity index is 851. The molecule has 0 bridgehead atoms. The van der Waals surface area contributed by atoms with Gasteiger partial charge in [-0.3, -0.25) is 4.79 Å². The Morgan fingerprint density at radius 1 is 1.08 bits per heavy atom. The molecule has 1 heterocycles. The van der Waals surface area contributed by atoms with Gasteiger partial charge in [0.1, 0.15) is 0 Å². The van der Waals surface area contributed by atoms with Crippen LogP contribution < -0.4 is 5.32 Å². The second-order valence-electron chi connectivity index (χ2n) is 6.62. The van der Waals surface area contributed by atoms with Gasteiger partial charge in [-0.05, 0) is 36.5 Å². The van der Waals surface area contributed by atoms with Crippen molar-refractivity contribution in [2.75, 3.05) is 0 Å². The van der Waals surface area contributed by atoms with E-state index in [1.165, 1.54) is 27.7 Å². The van der Waals surface area contributed by atoms with Gasteiger partial charge in [-0.2, -0.15) is 0 Å². The Morgan fingerprint density at radius 2 is 1.88 bits per heavy atom. The molecule has 0 aliphatic heterocycles. The minimum Gasteiger partial charge on any atom is -0.358 e. The summed E-state index contributed by atoms with van der Waals surface area (Å²) in [4.78, 5) is 15.8. The van der Waals surface area contributed by atoms with Gasteiger partial charge in [-0.25, -0.2) is 0 Å². The van der Waals surface area contributed by atoms with Crippen molar-refractivity contribution in [1.82, 2.24) is 10.3 Å². The number of aromatic nitrogens is 1. The first-order chi connectivity index (χ1) is 11.8. The molecule has 4 rings (SSSR count). The van der Waals surface area contributed by atoms with Crippen LogP contribution in [0.3, 0.4) is 0 Å². The lowest BCUT2D eigenvalue weighted by Crippen LogP contribution is -2.38. The quantitative estimate of drug-likeness (QED) is 0.755. The van der Waals surface area contributed by atoms with Crippen LogP contribution in [-0.2, 0) is 24.1 Å². The highest BCUT2D eigenvalue weighted by molar-refractivity contribution is 5.85. The molecule has 0 radical (unpaired) electrons. The second kappa shape index (κ2) is 6.52. The van der Waals surface area contributed by atoms with Crippen LogP contribution in [0.4, 0.5) is 0 Å². The Morgan fingerprint density at radius 3 is 2.75 bits per heavy atom. The molecule has 0 spiro atoms. The number of hydrogen-bond donors (Lipinski definition) is 2. The second-order valence-corrected chi connectivity index (χ2v) is 6.62. The number of fused-ring (bicyclic) bond motifs is 3. The van der Waals surface area contributed by atoms with E-state index in [1.807, 2.05) is 18.2 Å². The maximum absolute atomic E-state index is 12.2. The van der Waals surface area contributed by atoms with Crippen molar-refractivity contribution in [3.8, 4) is 0 Å². The topological polar surface area (TPSA) is 44.9 Å². The molecule has 2 aromatic carbocycles. The van der Waals surface area contributed by atoms with Crippen LogP contribution in [0.1, 0.15) is 29.7 Å². The molecule has 0 saturated carbocycles. The molecule has 24 heavy (non-hydrogen) atoms. The summed E-state index contributed by atoms with van der Waals surface area (Å²) >= 11 is 0. The van der Waals surface area contributed by atoms with Gasteiger partial charge in [0.05, 0.1) is 0 Å². The van der Waals surface area contributed by atoms with Crippen LogP contribution in [0.2, 0.25) is 0 Å². The number of H-pyrrole nitrogens is 1. The molecular weight excluding hydrogens is 296 g/mol. The van der Waals surface area contributed by atoms with Gasteiger partial charge in [-0.1, -0.05) is 48.5 Å². The van der Waals surface area contributed by atoms with Gasteiger partial charge < -0.3 is 10.3 Å². The van der Waals surface area contributed by atoms with E-state index in [0.29, 0.717) is 6.42 Å². The number of aromatic amines is 1. The number of benzene rings is 2. The Hall–Kier alpha value is -2.55. The van der Waals surface area contributed by atoms with Crippen molar-refractivity contribution in [3.05, 3.63) is 71.4 Å². The molecule has 1 aliphatic carbocycles. The van der Waals surface area contributed by atoms with Crippen molar-refractivity contribution < 1.29 is 4.79 Å². The largest absolute Gasteiger partial charge is 0.358 e. The fourth-order valence-corrected chi connectivity index (χ4v) is 3.71. The smallest absolute Gasteiger partial charge is 0.220 e. The molecule has 122 valence electrons. The number of hydrogen-bond acceptors (Lipinski definition) is 1. The minimum absolute atomic E-state index is 0.156. The third-order valence-corrected chi connectivity index (χ3v) is 4.94. The first kappa shape index (κ1) is 15.0. The lowest BCUT2D eigenvalue weighted by molar-refractivity contribution is -0.121. The Labute approximate surface area is 142 Å². The monoisotopic (exact) mass is 318 g/mol. The van der Waals surface area contributed by atoms with Gasteiger partial charge in [0.25, 0.3) is 0 Å². The third-order valence-electron chi connectivity index (χ3n) is 4.94. The van der Waals surface area contributed by atoms with Crippen LogP contribution >= 0.6 is 0 Å². The van der Waals surface area contributed by atoms with Crippen LogP contribution in [0.25, 0.3) is 10.9 Å². The number of nitrogens with one attached hydrogen (secondary N) is 2. The predicted octanol–water partition coefficient (Wildman–Crippen LogP) is 3.77. The van der Waals surface area contributed by atoms with E-state index >= 15 is 0 Å². The van der Waals surface area contributed by atoms with Crippen LogP contribution in [0.5, 0.6) is 0 Å². The average Bonchev–Trinajstić information content (AvgIpc) is 2.98. The zero-order valence-corrected chi connectivity index (χ0v) is 13.7. The van der Waals surface area contributed by atoms with Gasteiger partial charge >= 0.3 is 0 Å². The zero-order chi connectivity index (χ0) is 16.4. The molecule has 1 aromatic heterocycles. The summed E-state index contributed by atoms with van der Waals surface area (Å²) in [6, 6.07) is 18.9. The summed E-state index contributed by atoms with van der Waals surface area (Å²) < 4.78 is 0. The zero-order valence-electron chi connectivity index (χ0n) is 13.7. The lowest BCUT2D eigenvalue weighted by Gasteiger charge is -2.23. The van der Waals surface area contributed by atoms with Crippen LogP contribution in [-0.4, -0.2) is 16.9 Å². The summed E-state index contributed by atoms with van der Waals surface area (Å²) in [5.74, 6) is 0.156. The van der Waals surface area contributed by atoms with Gasteiger partial charge in [0.2, 0.25) is 5.91 Å². The molecule has 1 amide bonds. The molecule has 2 N–H and O–H groups in total. The SMILES string of the molecule is O=C(CCc1ccccc1)NC1CCc2c([nH]c3ccccc23)C1. The minimum atomic E-state index is 0.156. The molecule has 1 aliphatic rings. The van der Waals surface area contributed by atoms with E-state index < -0.39 is 0 Å². The van der Waals surface area contributed by atoms with E-state index in [0.717, 1.165) is 25.7 Å². The highest BCUT2D eigenvalue weighted by atomic mass is 16.1. The normalized spacial score (nSPS) is 16.8. The maximum atomic E-state index is 12.2. The number of para-hydroxylation sites is 1. The predicted molar refractivity (Wildman–Crippen MR) is 97.0 cm³/mol. The molecule has 0 fully saturated rings. The first-order valence-electron chi connectivity index (χ1n) is 8.71. The van der Waals surface area contributed by atoms with Crippen molar-refractivity contribution in [2.45, 2.75) is 38.1 Å². The number of carbonyl (C=O) groups is 1. The van der Waals surface area contributed by atoms with Crippen LogP contribution in [0.15, 0.2) is 54.6 Å². The molecule has 1 atom stereocenters. The van der Waals surface area contributed by atoms with Crippen molar-refractivity contribution in [3.63, 3.8) is 0 Å². The fourth-order valence-electron chi connectivity index (χ4n) is 3.71. The highest BCUT2D eigenvalue weighted by Gasteiger charge is 2.23. The third kappa shape index (κ3) is 3.07. The van der Waals surface area contributed by atoms with E-state index in [9.17, 15) is 4.79 Å². The van der Waals surface area contributed by atoms with E-state index in [-0.39, 0.29) is 11.9 Å². The standard InChI is InChI=1S/C21H22N2O/c24-21(13-10-15-6-2-1-3-7-15)22-16-11-12-18-17-8-4-5-9-19(17)23-20(18)14-16/h1-9,16,23H,10-14H2,(H,22,24). The number of rotatable bonds is 4. The summed E-state index contributed by atoms with van der Waals surface area (Å²) in [6.07, 6.45) is 4.31. The molecule has 3 nitrogen and oxygen atoms in total. The molecule has 1 unspecified atom stereocenters. The lowest BCUT2D eigenvalue weighted by atomic mass is 9.91. The average molecular weight is 318 g/mol. The van der Waals surface area contributed by atoms with E-state index in [1.54, 1.807) is 0 Å². The van der Waals surface area contributed by atoms with E-state index in [2.05, 4.69) is 46.7 Å². The first-order valence-corrected chi connectivity index (χ1v) is 8.71. The number of aryl methyl sites for hydroxylation is 2. The number of amides is 1. The molecule has 3 heteroatoms. The number of carbonyl (C=O) groups excluding carboxylic acids is 1. The fraction of sp³-hybridized carbons (Fsp3) is 0.286. The summed E-state index contributed by atoms with van der Waals surface area (Å²) in [6.45, 7) is 0. The summed E-state index contributed by atoms with van der Waals surface area (Å²) in [5.41, 5.74) is 5.14. The van der Waals surface area contributed by atoms with Gasteiger partial charge in [-0.15, -0.1) is 0 Å². The maximum Gasteiger partial charge on any atom is 0.220 e. The van der Waals surface area contributed by atoms with E-state index in [4.69, 9.17) is 0 Å². The van der Waals surface area contributed by atoms with Gasteiger partial charge in [0, 0.05) is 35.5 Å².